The van der Waals surface area contributed by atoms with Crippen LogP contribution >= 0.6 is 0 Å². The first-order valence-corrected chi connectivity index (χ1v) is 6.77. The molecule has 0 saturated heterocycles. The van der Waals surface area contributed by atoms with Gasteiger partial charge < -0.3 is 9.88 Å². The minimum absolute atomic E-state index is 1.05. The second-order valence-electron chi connectivity index (χ2n) is 5.12. The van der Waals surface area contributed by atoms with Crippen LogP contribution in [0.4, 0.5) is 0 Å². The lowest BCUT2D eigenvalue weighted by Crippen LogP contribution is -2.23. The largest absolute Gasteiger partial charge is 0.355 e. The van der Waals surface area contributed by atoms with Crippen LogP contribution in [0.1, 0.15) is 24.6 Å². The molecule has 1 aliphatic heterocycles. The molecule has 18 heavy (non-hydrogen) atoms. The van der Waals surface area contributed by atoms with E-state index in [4.69, 9.17) is 0 Å². The molecule has 0 radical (unpaired) electrons. The predicted molar refractivity (Wildman–Crippen MR) is 77.8 cm³/mol. The van der Waals surface area contributed by atoms with Gasteiger partial charge in [0, 0.05) is 29.7 Å². The van der Waals surface area contributed by atoms with E-state index in [9.17, 15) is 0 Å². The number of hydrogen-bond acceptors (Lipinski definition) is 1. The molecule has 1 aromatic carbocycles. The summed E-state index contributed by atoms with van der Waals surface area (Å²) in [6.07, 6.45) is 4.59. The van der Waals surface area contributed by atoms with Gasteiger partial charge in [-0.25, -0.2) is 0 Å². The smallest absolute Gasteiger partial charge is 0.0461 e. The molecule has 1 aliphatic rings. The lowest BCUT2D eigenvalue weighted by molar-refractivity contribution is 0.374. The summed E-state index contributed by atoms with van der Waals surface area (Å²) in [7, 11) is 2.20. The summed E-state index contributed by atoms with van der Waals surface area (Å²) in [4.78, 5) is 6.00. The maximum absolute atomic E-state index is 3.61. The average Bonchev–Trinajstić information content (AvgIpc) is 2.73. The van der Waals surface area contributed by atoms with Crippen LogP contribution < -0.4 is 0 Å². The Morgan fingerprint density at radius 1 is 1.28 bits per heavy atom. The van der Waals surface area contributed by atoms with Gasteiger partial charge >= 0.3 is 0 Å². The van der Waals surface area contributed by atoms with E-state index in [1.54, 1.807) is 0 Å². The SMILES string of the molecule is CC/C1=C/CN(C)CCc2c1[nH]c1ccccc21. The molecular formula is C16H20N2. The van der Waals surface area contributed by atoms with Crippen LogP contribution in [0, 0.1) is 0 Å². The molecule has 0 atom stereocenters. The number of allylic oxidation sites excluding steroid dienone is 1. The third-order valence-electron chi connectivity index (χ3n) is 3.91. The van der Waals surface area contributed by atoms with Gasteiger partial charge in [-0.05, 0) is 37.1 Å². The van der Waals surface area contributed by atoms with Gasteiger partial charge in [-0.2, -0.15) is 0 Å². The normalized spacial score (nSPS) is 20.0. The third-order valence-corrected chi connectivity index (χ3v) is 3.91. The van der Waals surface area contributed by atoms with Crippen LogP contribution in [0.2, 0.25) is 0 Å². The van der Waals surface area contributed by atoms with Crippen LogP contribution in [0.5, 0.6) is 0 Å². The Hall–Kier alpha value is -1.54. The number of aromatic amines is 1. The molecule has 0 saturated carbocycles. The van der Waals surface area contributed by atoms with Gasteiger partial charge in [0.25, 0.3) is 0 Å². The molecule has 2 aromatic rings. The van der Waals surface area contributed by atoms with E-state index in [-0.39, 0.29) is 0 Å². The van der Waals surface area contributed by atoms with E-state index in [1.165, 1.54) is 27.7 Å². The van der Waals surface area contributed by atoms with Crippen molar-refractivity contribution in [1.82, 2.24) is 9.88 Å². The first-order chi connectivity index (χ1) is 8.79. The Labute approximate surface area is 108 Å². The van der Waals surface area contributed by atoms with Crippen LogP contribution in [0.25, 0.3) is 16.5 Å². The van der Waals surface area contributed by atoms with Crippen molar-refractivity contribution in [1.29, 1.82) is 0 Å². The molecule has 2 heteroatoms. The summed E-state index contributed by atoms with van der Waals surface area (Å²) >= 11 is 0. The molecule has 0 amide bonds. The molecular weight excluding hydrogens is 220 g/mol. The van der Waals surface area contributed by atoms with Crippen LogP contribution in [-0.2, 0) is 6.42 Å². The summed E-state index contributed by atoms with van der Waals surface area (Å²) < 4.78 is 0. The molecule has 0 fully saturated rings. The van der Waals surface area contributed by atoms with Gasteiger partial charge in [0.15, 0.2) is 0 Å². The standard InChI is InChI=1S/C16H20N2/c1-3-12-8-10-18(2)11-9-14-13-6-4-5-7-15(13)17-16(12)14/h4-8,17H,3,9-11H2,1-2H3/b12-8-. The Morgan fingerprint density at radius 3 is 2.94 bits per heavy atom. The average molecular weight is 240 g/mol. The highest BCUT2D eigenvalue weighted by molar-refractivity contribution is 5.89. The number of fused-ring (bicyclic) bond motifs is 3. The van der Waals surface area contributed by atoms with Crippen molar-refractivity contribution in [2.75, 3.05) is 20.1 Å². The van der Waals surface area contributed by atoms with Crippen molar-refractivity contribution in [3.63, 3.8) is 0 Å². The molecule has 0 bridgehead atoms. The van der Waals surface area contributed by atoms with Crippen LogP contribution in [0.15, 0.2) is 30.3 Å². The quantitative estimate of drug-likeness (QED) is 0.809. The molecule has 0 spiro atoms. The zero-order valence-corrected chi connectivity index (χ0v) is 11.2. The molecule has 2 nitrogen and oxygen atoms in total. The molecule has 0 aliphatic carbocycles. The summed E-state index contributed by atoms with van der Waals surface area (Å²) in [6, 6.07) is 8.65. The van der Waals surface area contributed by atoms with Crippen molar-refractivity contribution < 1.29 is 0 Å². The minimum atomic E-state index is 1.05. The van der Waals surface area contributed by atoms with Gasteiger partial charge in [-0.1, -0.05) is 31.2 Å². The summed E-state index contributed by atoms with van der Waals surface area (Å²) in [6.45, 7) is 4.42. The Kier molecular flexibility index (Phi) is 2.96. The van der Waals surface area contributed by atoms with E-state index in [1.807, 2.05) is 0 Å². The van der Waals surface area contributed by atoms with Crippen molar-refractivity contribution in [2.24, 2.45) is 0 Å². The van der Waals surface area contributed by atoms with E-state index < -0.39 is 0 Å². The highest BCUT2D eigenvalue weighted by Crippen LogP contribution is 2.30. The molecule has 0 unspecified atom stereocenters. The van der Waals surface area contributed by atoms with Crippen molar-refractivity contribution in [3.8, 4) is 0 Å². The molecule has 2 heterocycles. The predicted octanol–water partition coefficient (Wildman–Crippen LogP) is 3.45. The van der Waals surface area contributed by atoms with Crippen molar-refractivity contribution >= 4 is 16.5 Å². The highest BCUT2D eigenvalue weighted by Gasteiger charge is 2.16. The number of H-pyrrole nitrogens is 1. The number of rotatable bonds is 1. The number of para-hydroxylation sites is 1. The topological polar surface area (TPSA) is 19.0 Å². The van der Waals surface area contributed by atoms with Gasteiger partial charge in [-0.3, -0.25) is 0 Å². The summed E-state index contributed by atoms with van der Waals surface area (Å²) in [5.41, 5.74) is 5.58. The fraction of sp³-hybridized carbons (Fsp3) is 0.375. The fourth-order valence-electron chi connectivity index (χ4n) is 2.82. The maximum atomic E-state index is 3.61. The van der Waals surface area contributed by atoms with E-state index in [0.29, 0.717) is 0 Å². The van der Waals surface area contributed by atoms with Gasteiger partial charge in [0.1, 0.15) is 0 Å². The van der Waals surface area contributed by atoms with Gasteiger partial charge in [-0.15, -0.1) is 0 Å². The molecule has 1 N–H and O–H groups in total. The molecule has 3 rings (SSSR count). The van der Waals surface area contributed by atoms with E-state index in [2.05, 4.69) is 54.2 Å². The Balaban J connectivity index is 2.21. The zero-order chi connectivity index (χ0) is 12.5. The number of nitrogens with zero attached hydrogens (tertiary/aromatic N) is 1. The second kappa shape index (κ2) is 4.62. The number of aromatic nitrogens is 1. The number of hydrogen-bond donors (Lipinski definition) is 1. The summed E-state index contributed by atoms with van der Waals surface area (Å²) in [5.74, 6) is 0. The van der Waals surface area contributed by atoms with Crippen LogP contribution in [-0.4, -0.2) is 30.0 Å². The fourth-order valence-corrected chi connectivity index (χ4v) is 2.82. The Bertz CT molecular complexity index is 592. The van der Waals surface area contributed by atoms with Crippen LogP contribution in [0.3, 0.4) is 0 Å². The second-order valence-corrected chi connectivity index (χ2v) is 5.12. The van der Waals surface area contributed by atoms with E-state index >= 15 is 0 Å². The van der Waals surface area contributed by atoms with Crippen molar-refractivity contribution in [2.45, 2.75) is 19.8 Å². The van der Waals surface area contributed by atoms with E-state index in [0.717, 1.165) is 25.9 Å². The number of benzene rings is 1. The highest BCUT2D eigenvalue weighted by atomic mass is 15.1. The third kappa shape index (κ3) is 1.87. The maximum Gasteiger partial charge on any atom is 0.0461 e. The molecule has 1 aromatic heterocycles. The minimum Gasteiger partial charge on any atom is -0.355 e. The van der Waals surface area contributed by atoms with Gasteiger partial charge in [0.2, 0.25) is 0 Å². The summed E-state index contributed by atoms with van der Waals surface area (Å²) in [5, 5.41) is 1.39. The monoisotopic (exact) mass is 240 g/mol. The van der Waals surface area contributed by atoms with Crippen molar-refractivity contribution in [3.05, 3.63) is 41.6 Å². The van der Waals surface area contributed by atoms with Gasteiger partial charge in [0.05, 0.1) is 0 Å². The lowest BCUT2D eigenvalue weighted by Gasteiger charge is -2.19. The zero-order valence-electron chi connectivity index (χ0n) is 11.2. The lowest BCUT2D eigenvalue weighted by atomic mass is 9.99. The first kappa shape index (κ1) is 11.5. The number of nitrogens with one attached hydrogen (secondary N) is 1. The number of likely N-dealkylation sites (N-methyl/N-ethyl adjacent to an activating group) is 1. The molecule has 94 valence electrons. The first-order valence-electron chi connectivity index (χ1n) is 6.77. The Morgan fingerprint density at radius 2 is 2.11 bits per heavy atom.